The Morgan fingerprint density at radius 3 is 2.78 bits per heavy atom. The van der Waals surface area contributed by atoms with Gasteiger partial charge in [-0.1, -0.05) is 6.07 Å². The second-order valence-electron chi connectivity index (χ2n) is 4.87. The maximum atomic E-state index is 12.1. The zero-order valence-corrected chi connectivity index (χ0v) is 12.7. The van der Waals surface area contributed by atoms with Gasteiger partial charge in [0.2, 0.25) is 5.89 Å². The van der Waals surface area contributed by atoms with Gasteiger partial charge in [-0.25, -0.2) is 4.98 Å². The highest BCUT2D eigenvalue weighted by Gasteiger charge is 2.11. The number of thiophene rings is 1. The number of rotatable bonds is 3. The van der Waals surface area contributed by atoms with Crippen LogP contribution in [0.4, 0.5) is 5.69 Å². The fourth-order valence-electron chi connectivity index (χ4n) is 2.22. The number of oxazole rings is 1. The monoisotopic (exact) mass is 321 g/mol. The molecule has 0 aliphatic rings. The highest BCUT2D eigenvalue weighted by atomic mass is 32.1. The van der Waals surface area contributed by atoms with Crippen LogP contribution in [0.15, 0.2) is 64.7 Å². The molecule has 0 atom stereocenters. The first-order valence-corrected chi connectivity index (χ1v) is 7.83. The number of nitrogens with zero attached hydrogens (tertiary/aromatic N) is 2. The highest BCUT2D eigenvalue weighted by Crippen LogP contribution is 2.26. The highest BCUT2D eigenvalue weighted by molar-refractivity contribution is 7.12. The van der Waals surface area contributed by atoms with E-state index in [4.69, 9.17) is 4.42 Å². The molecule has 5 nitrogen and oxygen atoms in total. The summed E-state index contributed by atoms with van der Waals surface area (Å²) in [7, 11) is 0. The second kappa shape index (κ2) is 5.66. The van der Waals surface area contributed by atoms with Gasteiger partial charge in [-0.3, -0.25) is 9.78 Å². The van der Waals surface area contributed by atoms with E-state index in [0.717, 1.165) is 11.1 Å². The van der Waals surface area contributed by atoms with Crippen molar-refractivity contribution in [2.45, 2.75) is 0 Å². The molecule has 1 aromatic carbocycles. The van der Waals surface area contributed by atoms with E-state index < -0.39 is 0 Å². The Morgan fingerprint density at radius 1 is 1.13 bits per heavy atom. The van der Waals surface area contributed by atoms with Gasteiger partial charge in [0.15, 0.2) is 5.58 Å². The Labute approximate surface area is 135 Å². The van der Waals surface area contributed by atoms with Crippen LogP contribution in [-0.4, -0.2) is 15.9 Å². The molecular weight excluding hydrogens is 310 g/mol. The molecule has 0 bridgehead atoms. The summed E-state index contributed by atoms with van der Waals surface area (Å²) in [5.74, 6) is 0.400. The summed E-state index contributed by atoms with van der Waals surface area (Å²) in [6.45, 7) is 0. The van der Waals surface area contributed by atoms with Crippen molar-refractivity contribution in [3.8, 4) is 11.5 Å². The standard InChI is InChI=1S/C17H11N3O2S/c21-16(15-2-1-9-23-15)19-12-3-4-13-14(10-12)22-17(20-13)11-5-7-18-8-6-11/h1-10H,(H,19,21). The topological polar surface area (TPSA) is 68.0 Å². The lowest BCUT2D eigenvalue weighted by atomic mass is 10.2. The predicted molar refractivity (Wildman–Crippen MR) is 89.5 cm³/mol. The molecule has 0 fully saturated rings. The third-order valence-electron chi connectivity index (χ3n) is 3.32. The molecule has 0 aliphatic heterocycles. The average Bonchev–Trinajstić information content (AvgIpc) is 3.25. The zero-order valence-electron chi connectivity index (χ0n) is 11.9. The number of pyridine rings is 1. The van der Waals surface area contributed by atoms with E-state index in [-0.39, 0.29) is 5.91 Å². The van der Waals surface area contributed by atoms with Gasteiger partial charge in [0.1, 0.15) is 5.52 Å². The first-order valence-electron chi connectivity index (χ1n) is 6.95. The maximum Gasteiger partial charge on any atom is 0.265 e. The molecule has 0 saturated heterocycles. The third-order valence-corrected chi connectivity index (χ3v) is 4.19. The lowest BCUT2D eigenvalue weighted by Crippen LogP contribution is -2.09. The fraction of sp³-hybridized carbons (Fsp3) is 0. The first-order chi connectivity index (χ1) is 11.3. The number of nitrogens with one attached hydrogen (secondary N) is 1. The molecule has 0 radical (unpaired) electrons. The normalized spacial score (nSPS) is 10.8. The largest absolute Gasteiger partial charge is 0.436 e. The molecule has 0 spiro atoms. The summed E-state index contributed by atoms with van der Waals surface area (Å²) < 4.78 is 5.78. The van der Waals surface area contributed by atoms with E-state index in [1.807, 2.05) is 35.7 Å². The summed E-state index contributed by atoms with van der Waals surface area (Å²) in [6, 6.07) is 12.7. The molecule has 6 heteroatoms. The van der Waals surface area contributed by atoms with Crippen LogP contribution < -0.4 is 5.32 Å². The van der Waals surface area contributed by atoms with Gasteiger partial charge in [0.05, 0.1) is 4.88 Å². The van der Waals surface area contributed by atoms with Gasteiger partial charge in [-0.2, -0.15) is 0 Å². The van der Waals surface area contributed by atoms with Gasteiger partial charge in [-0.05, 0) is 35.7 Å². The van der Waals surface area contributed by atoms with Crippen LogP contribution in [0.25, 0.3) is 22.6 Å². The molecule has 0 unspecified atom stereocenters. The Balaban J connectivity index is 1.64. The van der Waals surface area contributed by atoms with Crippen molar-refractivity contribution in [2.75, 3.05) is 5.32 Å². The molecule has 0 saturated carbocycles. The zero-order chi connectivity index (χ0) is 15.6. The number of hydrogen-bond acceptors (Lipinski definition) is 5. The van der Waals surface area contributed by atoms with E-state index in [1.165, 1.54) is 11.3 Å². The summed E-state index contributed by atoms with van der Waals surface area (Å²) >= 11 is 1.40. The molecule has 23 heavy (non-hydrogen) atoms. The van der Waals surface area contributed by atoms with Crippen LogP contribution in [0.3, 0.4) is 0 Å². The molecule has 1 amide bonds. The van der Waals surface area contributed by atoms with Crippen molar-refractivity contribution in [3.63, 3.8) is 0 Å². The van der Waals surface area contributed by atoms with Gasteiger partial charge in [0.25, 0.3) is 5.91 Å². The van der Waals surface area contributed by atoms with Gasteiger partial charge in [-0.15, -0.1) is 11.3 Å². The molecule has 4 aromatic rings. The lowest BCUT2D eigenvalue weighted by Gasteiger charge is -2.02. The van der Waals surface area contributed by atoms with Crippen molar-refractivity contribution in [3.05, 3.63) is 65.1 Å². The minimum Gasteiger partial charge on any atom is -0.436 e. The Bertz CT molecular complexity index is 962. The van der Waals surface area contributed by atoms with Gasteiger partial charge < -0.3 is 9.73 Å². The van der Waals surface area contributed by atoms with E-state index in [9.17, 15) is 4.79 Å². The molecule has 0 aliphatic carbocycles. The number of aromatic nitrogens is 2. The third kappa shape index (κ3) is 2.72. The van der Waals surface area contributed by atoms with E-state index in [1.54, 1.807) is 24.5 Å². The summed E-state index contributed by atoms with van der Waals surface area (Å²) in [5, 5.41) is 4.73. The minimum absolute atomic E-state index is 0.131. The SMILES string of the molecule is O=C(Nc1ccc2nc(-c3ccncc3)oc2c1)c1cccs1. The van der Waals surface area contributed by atoms with Crippen molar-refractivity contribution in [1.82, 2.24) is 9.97 Å². The molecule has 3 heterocycles. The van der Waals surface area contributed by atoms with Crippen molar-refractivity contribution >= 4 is 34.0 Å². The van der Waals surface area contributed by atoms with Crippen LogP contribution in [0.5, 0.6) is 0 Å². The quantitative estimate of drug-likeness (QED) is 0.614. The van der Waals surface area contributed by atoms with E-state index >= 15 is 0 Å². The molecule has 3 aromatic heterocycles. The van der Waals surface area contributed by atoms with Crippen LogP contribution in [0.2, 0.25) is 0 Å². The van der Waals surface area contributed by atoms with Crippen molar-refractivity contribution < 1.29 is 9.21 Å². The average molecular weight is 321 g/mol. The number of carbonyl (C=O) groups is 1. The molecule has 1 N–H and O–H groups in total. The number of amides is 1. The fourth-order valence-corrected chi connectivity index (χ4v) is 2.84. The number of anilines is 1. The van der Waals surface area contributed by atoms with Gasteiger partial charge in [0, 0.05) is 29.7 Å². The summed E-state index contributed by atoms with van der Waals surface area (Å²) in [4.78, 5) is 21.2. The number of benzene rings is 1. The Hall–Kier alpha value is -2.99. The predicted octanol–water partition coefficient (Wildman–Crippen LogP) is 4.20. The van der Waals surface area contributed by atoms with Crippen molar-refractivity contribution in [2.24, 2.45) is 0 Å². The molecular formula is C17H11N3O2S. The number of hydrogen-bond donors (Lipinski definition) is 1. The Kier molecular flexibility index (Phi) is 3.36. The molecule has 4 rings (SSSR count). The number of fused-ring (bicyclic) bond motifs is 1. The second-order valence-corrected chi connectivity index (χ2v) is 5.82. The van der Waals surface area contributed by atoms with Crippen LogP contribution in [-0.2, 0) is 0 Å². The maximum absolute atomic E-state index is 12.1. The Morgan fingerprint density at radius 2 is 2.00 bits per heavy atom. The van der Waals surface area contributed by atoms with Gasteiger partial charge >= 0.3 is 0 Å². The molecule has 112 valence electrons. The van der Waals surface area contributed by atoms with Crippen LogP contribution >= 0.6 is 11.3 Å². The summed E-state index contributed by atoms with van der Waals surface area (Å²) in [6.07, 6.45) is 3.38. The minimum atomic E-state index is -0.131. The first kappa shape index (κ1) is 13.7. The summed E-state index contributed by atoms with van der Waals surface area (Å²) in [5.41, 5.74) is 2.90. The van der Waals surface area contributed by atoms with Crippen molar-refractivity contribution in [1.29, 1.82) is 0 Å². The lowest BCUT2D eigenvalue weighted by molar-refractivity contribution is 0.103. The van der Waals surface area contributed by atoms with E-state index in [0.29, 0.717) is 22.0 Å². The smallest absolute Gasteiger partial charge is 0.265 e. The van der Waals surface area contributed by atoms with E-state index in [2.05, 4.69) is 15.3 Å². The van der Waals surface area contributed by atoms with Crippen LogP contribution in [0, 0.1) is 0 Å². The number of carbonyl (C=O) groups excluding carboxylic acids is 1. The van der Waals surface area contributed by atoms with Crippen LogP contribution in [0.1, 0.15) is 9.67 Å².